The van der Waals surface area contributed by atoms with Crippen LogP contribution in [0.3, 0.4) is 0 Å². The maximum absolute atomic E-state index is 9.63. The Morgan fingerprint density at radius 3 is 1.95 bits per heavy atom. The van der Waals surface area contributed by atoms with Crippen LogP contribution in [0.2, 0.25) is 0 Å². The van der Waals surface area contributed by atoms with Crippen LogP contribution < -0.4 is 5.73 Å². The van der Waals surface area contributed by atoms with Gasteiger partial charge in [-0.15, -0.1) is 0 Å². The molecule has 0 radical (unpaired) electrons. The van der Waals surface area contributed by atoms with Crippen molar-refractivity contribution in [1.82, 2.24) is 4.90 Å². The molecule has 126 valence electrons. The third-order valence-corrected chi connectivity index (χ3v) is 3.53. The van der Waals surface area contributed by atoms with E-state index in [0.717, 1.165) is 16.7 Å². The van der Waals surface area contributed by atoms with E-state index < -0.39 is 18.3 Å². The van der Waals surface area contributed by atoms with E-state index in [-0.39, 0.29) is 0 Å². The second kappa shape index (κ2) is 9.22. The van der Waals surface area contributed by atoms with Crippen molar-refractivity contribution < 1.29 is 15.3 Å². The molecule has 0 amide bonds. The smallest absolute Gasteiger partial charge is 0.0639 e. The molecule has 5 heteroatoms. The van der Waals surface area contributed by atoms with Crippen molar-refractivity contribution in [3.8, 4) is 0 Å². The summed E-state index contributed by atoms with van der Waals surface area (Å²) in [4.78, 5) is 2.02. The Kier molecular flexibility index (Phi) is 8.00. The fraction of sp³-hybridized carbons (Fsp3) is 0.647. The highest BCUT2D eigenvalue weighted by molar-refractivity contribution is 5.35. The van der Waals surface area contributed by atoms with Crippen LogP contribution in [-0.2, 0) is 19.5 Å². The van der Waals surface area contributed by atoms with Gasteiger partial charge in [-0.1, -0.05) is 18.2 Å². The van der Waals surface area contributed by atoms with Crippen LogP contribution in [0.5, 0.6) is 0 Å². The Labute approximate surface area is 133 Å². The summed E-state index contributed by atoms with van der Waals surface area (Å²) in [6.07, 6.45) is -0.749. The molecule has 0 aromatic heterocycles. The summed E-state index contributed by atoms with van der Waals surface area (Å²) in [5.41, 5.74) is 9.10. The first-order chi connectivity index (χ1) is 10.3. The fourth-order valence-electron chi connectivity index (χ4n) is 2.80. The highest BCUT2D eigenvalue weighted by atomic mass is 16.3. The average Bonchev–Trinajstić information content (AvgIpc) is 2.36. The van der Waals surface area contributed by atoms with E-state index in [2.05, 4.69) is 0 Å². The number of aliphatic hydroxyl groups excluding tert-OH is 3. The van der Waals surface area contributed by atoms with Crippen molar-refractivity contribution >= 4 is 0 Å². The normalized spacial score (nSPS) is 15.8. The third-order valence-electron chi connectivity index (χ3n) is 3.53. The first-order valence-electron chi connectivity index (χ1n) is 7.89. The zero-order chi connectivity index (χ0) is 16.7. The summed E-state index contributed by atoms with van der Waals surface area (Å²) in [5, 5.41) is 28.9. The Morgan fingerprint density at radius 1 is 0.955 bits per heavy atom. The molecule has 3 atom stereocenters. The van der Waals surface area contributed by atoms with Crippen LogP contribution >= 0.6 is 0 Å². The van der Waals surface area contributed by atoms with E-state index in [9.17, 15) is 15.3 Å². The minimum atomic E-state index is -0.458. The second-order valence-electron chi connectivity index (χ2n) is 6.20. The standard InChI is InChI=1S/C17H30N2O3/c1-12(20)7-15-5-4-6-16(17(15)8-18)11-19(9-13(2)21)10-14(3)22/h4-6,12-14,20-22H,7-11,18H2,1-3H3. The van der Waals surface area contributed by atoms with E-state index in [4.69, 9.17) is 5.73 Å². The summed E-state index contributed by atoms with van der Waals surface area (Å²) >= 11 is 0. The topological polar surface area (TPSA) is 90.0 Å². The molecular formula is C17H30N2O3. The molecule has 0 bridgehead atoms. The molecule has 1 rings (SSSR count). The molecule has 5 nitrogen and oxygen atoms in total. The largest absolute Gasteiger partial charge is 0.393 e. The van der Waals surface area contributed by atoms with E-state index in [0.29, 0.717) is 32.6 Å². The molecule has 22 heavy (non-hydrogen) atoms. The number of rotatable bonds is 9. The van der Waals surface area contributed by atoms with Crippen molar-refractivity contribution in [2.75, 3.05) is 13.1 Å². The van der Waals surface area contributed by atoms with Gasteiger partial charge in [-0.05, 0) is 43.9 Å². The lowest BCUT2D eigenvalue weighted by Gasteiger charge is -2.26. The van der Waals surface area contributed by atoms with Crippen LogP contribution in [0, 0.1) is 0 Å². The highest BCUT2D eigenvalue weighted by Gasteiger charge is 2.15. The summed E-state index contributed by atoms with van der Waals surface area (Å²) in [7, 11) is 0. The van der Waals surface area contributed by atoms with Gasteiger partial charge in [0, 0.05) is 26.2 Å². The quantitative estimate of drug-likeness (QED) is 0.537. The van der Waals surface area contributed by atoms with Crippen LogP contribution in [0.1, 0.15) is 37.5 Å². The van der Waals surface area contributed by atoms with Crippen LogP contribution in [0.25, 0.3) is 0 Å². The first kappa shape index (κ1) is 19.1. The van der Waals surface area contributed by atoms with Gasteiger partial charge in [0.15, 0.2) is 0 Å². The van der Waals surface area contributed by atoms with Crippen molar-refractivity contribution in [2.45, 2.75) is 58.6 Å². The molecule has 3 unspecified atom stereocenters. The molecule has 1 aromatic carbocycles. The van der Waals surface area contributed by atoms with E-state index in [1.165, 1.54) is 0 Å². The highest BCUT2D eigenvalue weighted by Crippen LogP contribution is 2.19. The zero-order valence-electron chi connectivity index (χ0n) is 13.9. The SMILES string of the molecule is CC(O)Cc1cccc(CN(CC(C)O)CC(C)O)c1CN. The van der Waals surface area contributed by atoms with Crippen molar-refractivity contribution in [2.24, 2.45) is 5.73 Å². The van der Waals surface area contributed by atoms with Gasteiger partial charge in [-0.2, -0.15) is 0 Å². The van der Waals surface area contributed by atoms with Gasteiger partial charge in [-0.25, -0.2) is 0 Å². The van der Waals surface area contributed by atoms with Gasteiger partial charge in [0.1, 0.15) is 0 Å². The lowest BCUT2D eigenvalue weighted by molar-refractivity contribution is 0.0792. The molecule has 0 aliphatic heterocycles. The molecule has 1 aromatic rings. The molecule has 0 saturated carbocycles. The Hall–Kier alpha value is -0.980. The lowest BCUT2D eigenvalue weighted by atomic mass is 9.96. The second-order valence-corrected chi connectivity index (χ2v) is 6.20. The van der Waals surface area contributed by atoms with Crippen molar-refractivity contribution in [3.05, 3.63) is 34.9 Å². The Bertz CT molecular complexity index is 438. The van der Waals surface area contributed by atoms with Gasteiger partial charge >= 0.3 is 0 Å². The summed E-state index contributed by atoms with van der Waals surface area (Å²) in [6, 6.07) is 5.98. The van der Waals surface area contributed by atoms with E-state index in [1.54, 1.807) is 20.8 Å². The summed E-state index contributed by atoms with van der Waals surface area (Å²) in [5.74, 6) is 0. The van der Waals surface area contributed by atoms with Gasteiger partial charge in [-0.3, -0.25) is 4.90 Å². The third kappa shape index (κ3) is 6.42. The lowest BCUT2D eigenvalue weighted by Crippen LogP contribution is -2.36. The van der Waals surface area contributed by atoms with Gasteiger partial charge in [0.25, 0.3) is 0 Å². The molecule has 0 spiro atoms. The maximum Gasteiger partial charge on any atom is 0.0639 e. The zero-order valence-corrected chi connectivity index (χ0v) is 13.9. The Morgan fingerprint density at radius 2 is 1.50 bits per heavy atom. The summed E-state index contributed by atoms with van der Waals surface area (Å²) in [6.45, 7) is 7.27. The number of nitrogens with zero attached hydrogens (tertiary/aromatic N) is 1. The minimum Gasteiger partial charge on any atom is -0.393 e. The van der Waals surface area contributed by atoms with Crippen molar-refractivity contribution in [3.63, 3.8) is 0 Å². The average molecular weight is 310 g/mol. The predicted molar refractivity (Wildman–Crippen MR) is 88.4 cm³/mol. The number of hydrogen-bond donors (Lipinski definition) is 4. The van der Waals surface area contributed by atoms with Crippen LogP contribution in [0.15, 0.2) is 18.2 Å². The van der Waals surface area contributed by atoms with Crippen LogP contribution in [-0.4, -0.2) is 51.6 Å². The number of nitrogens with two attached hydrogens (primary N) is 1. The number of benzene rings is 1. The molecular weight excluding hydrogens is 280 g/mol. The molecule has 0 aliphatic carbocycles. The van der Waals surface area contributed by atoms with E-state index in [1.807, 2.05) is 23.1 Å². The van der Waals surface area contributed by atoms with Crippen LogP contribution in [0.4, 0.5) is 0 Å². The Balaban J connectivity index is 2.97. The fourth-order valence-corrected chi connectivity index (χ4v) is 2.80. The van der Waals surface area contributed by atoms with E-state index >= 15 is 0 Å². The summed E-state index contributed by atoms with van der Waals surface area (Å²) < 4.78 is 0. The monoisotopic (exact) mass is 310 g/mol. The molecule has 0 heterocycles. The predicted octanol–water partition coefficient (Wildman–Crippen LogP) is 0.632. The first-order valence-corrected chi connectivity index (χ1v) is 7.89. The van der Waals surface area contributed by atoms with Gasteiger partial charge < -0.3 is 21.1 Å². The molecule has 0 aliphatic rings. The molecule has 5 N–H and O–H groups in total. The maximum atomic E-state index is 9.63. The molecule has 0 fully saturated rings. The number of hydrogen-bond acceptors (Lipinski definition) is 5. The number of aliphatic hydroxyl groups is 3. The van der Waals surface area contributed by atoms with Gasteiger partial charge in [0.05, 0.1) is 18.3 Å². The molecule has 0 saturated heterocycles. The van der Waals surface area contributed by atoms with Crippen molar-refractivity contribution in [1.29, 1.82) is 0 Å². The van der Waals surface area contributed by atoms with Gasteiger partial charge in [0.2, 0.25) is 0 Å². The minimum absolute atomic E-state index is 0.411.